The van der Waals surface area contributed by atoms with Gasteiger partial charge in [-0.25, -0.2) is 9.59 Å². The lowest BCUT2D eigenvalue weighted by molar-refractivity contribution is -0.177. The third-order valence-corrected chi connectivity index (χ3v) is 6.50. The molecule has 1 N–H and O–H groups in total. The van der Waals surface area contributed by atoms with Crippen LogP contribution in [-0.2, 0) is 46.5 Å². The van der Waals surface area contributed by atoms with Crippen LogP contribution < -0.4 is 0 Å². The maximum absolute atomic E-state index is 13.1. The molecule has 0 radical (unpaired) electrons. The zero-order chi connectivity index (χ0) is 30.6. The fourth-order valence-corrected chi connectivity index (χ4v) is 4.21. The number of carbonyl (C=O) groups excluding carboxylic acids is 3. The van der Waals surface area contributed by atoms with E-state index in [0.717, 1.165) is 43.2 Å². The summed E-state index contributed by atoms with van der Waals surface area (Å²) < 4.78 is 26.1. The summed E-state index contributed by atoms with van der Waals surface area (Å²) in [6.07, 6.45) is 2.49. The van der Waals surface area contributed by atoms with Crippen molar-refractivity contribution in [1.29, 1.82) is 0 Å². The maximum Gasteiger partial charge on any atom is 0.511 e. The summed E-state index contributed by atoms with van der Waals surface area (Å²) in [5.74, 6) is -2.26. The van der Waals surface area contributed by atoms with Gasteiger partial charge >= 0.3 is 24.2 Å². The average Bonchev–Trinajstić information content (AvgIpc) is 2.96. The van der Waals surface area contributed by atoms with E-state index in [1.54, 1.807) is 19.1 Å². The van der Waals surface area contributed by atoms with E-state index < -0.39 is 42.6 Å². The number of carboxylic acids is 1. The van der Waals surface area contributed by atoms with Crippen molar-refractivity contribution in [3.05, 3.63) is 71.8 Å². The fraction of sp³-hybridized carbons (Fsp3) is 0.500. The molecule has 10 nitrogen and oxygen atoms in total. The number of rotatable bonds is 19. The molecule has 0 spiro atoms. The van der Waals surface area contributed by atoms with Gasteiger partial charge in [0.1, 0.15) is 19.3 Å². The van der Waals surface area contributed by atoms with E-state index in [9.17, 15) is 19.2 Å². The minimum absolute atomic E-state index is 0.0124. The molecule has 0 heterocycles. The molecule has 42 heavy (non-hydrogen) atoms. The number of hydrogen-bond acceptors (Lipinski definition) is 9. The van der Waals surface area contributed by atoms with Crippen molar-refractivity contribution in [3.8, 4) is 0 Å². The predicted octanol–water partition coefficient (Wildman–Crippen LogP) is 7.18. The molecule has 0 fully saturated rings. The van der Waals surface area contributed by atoms with E-state index in [1.165, 1.54) is 6.92 Å². The summed E-state index contributed by atoms with van der Waals surface area (Å²) >= 11 is 0. The third kappa shape index (κ3) is 15.1. The van der Waals surface area contributed by atoms with Crippen LogP contribution in [0.1, 0.15) is 82.8 Å². The molecule has 3 atom stereocenters. The number of esters is 1. The SMILES string of the molecule is CC(OC(=O)OCc1ccccc1)OC(=O)C(CCCCCCCCCC(=O)O)C(C)OC(=O)OCc1ccccc1. The van der Waals surface area contributed by atoms with Crippen LogP contribution in [0, 0.1) is 5.92 Å². The zero-order valence-electron chi connectivity index (χ0n) is 24.4. The fourth-order valence-electron chi connectivity index (χ4n) is 4.21. The maximum atomic E-state index is 13.1. The normalized spacial score (nSPS) is 12.8. The van der Waals surface area contributed by atoms with Crippen molar-refractivity contribution in [2.24, 2.45) is 5.92 Å². The van der Waals surface area contributed by atoms with Crippen molar-refractivity contribution >= 4 is 24.2 Å². The molecular weight excluding hydrogens is 544 g/mol. The van der Waals surface area contributed by atoms with Crippen LogP contribution in [0.4, 0.5) is 9.59 Å². The van der Waals surface area contributed by atoms with Crippen molar-refractivity contribution in [2.75, 3.05) is 0 Å². The van der Waals surface area contributed by atoms with Crippen LogP contribution in [0.2, 0.25) is 0 Å². The molecule has 0 aliphatic rings. The molecule has 2 rings (SSSR count). The highest BCUT2D eigenvalue weighted by atomic mass is 16.8. The van der Waals surface area contributed by atoms with Gasteiger partial charge in [-0.05, 0) is 30.9 Å². The van der Waals surface area contributed by atoms with Gasteiger partial charge in [0, 0.05) is 13.3 Å². The van der Waals surface area contributed by atoms with Crippen molar-refractivity contribution in [1.82, 2.24) is 0 Å². The molecule has 0 bridgehead atoms. The minimum atomic E-state index is -1.22. The number of aliphatic carboxylic acids is 1. The average molecular weight is 587 g/mol. The Hall–Kier alpha value is -4.08. The topological polar surface area (TPSA) is 135 Å². The molecule has 0 aliphatic carbocycles. The number of hydrogen-bond donors (Lipinski definition) is 1. The molecule has 2 aromatic rings. The van der Waals surface area contributed by atoms with Gasteiger partial charge in [-0.15, -0.1) is 0 Å². The van der Waals surface area contributed by atoms with E-state index in [-0.39, 0.29) is 19.6 Å². The van der Waals surface area contributed by atoms with Crippen LogP contribution in [0.5, 0.6) is 0 Å². The van der Waals surface area contributed by atoms with E-state index >= 15 is 0 Å². The molecule has 2 aromatic carbocycles. The van der Waals surface area contributed by atoms with Crippen LogP contribution in [0.25, 0.3) is 0 Å². The summed E-state index contributed by atoms with van der Waals surface area (Å²) in [7, 11) is 0. The van der Waals surface area contributed by atoms with Crippen molar-refractivity contribution in [2.45, 2.75) is 97.2 Å². The van der Waals surface area contributed by atoms with Gasteiger partial charge in [0.25, 0.3) is 0 Å². The van der Waals surface area contributed by atoms with Gasteiger partial charge in [0.2, 0.25) is 6.29 Å². The molecule has 0 saturated heterocycles. The van der Waals surface area contributed by atoms with Gasteiger partial charge in [0.15, 0.2) is 0 Å². The standard InChI is InChI=1S/C32H42O10/c1-24(40-31(36)38-22-26-16-10-8-11-17-26)28(20-14-6-4-3-5-7-15-21-29(33)34)30(35)41-25(2)42-32(37)39-23-27-18-12-9-13-19-27/h8-13,16-19,24-25,28H,3-7,14-15,20-23H2,1-2H3,(H,33,34). The highest BCUT2D eigenvalue weighted by molar-refractivity contribution is 5.74. The first-order valence-corrected chi connectivity index (χ1v) is 14.4. The Morgan fingerprint density at radius 1 is 0.643 bits per heavy atom. The van der Waals surface area contributed by atoms with E-state index in [0.29, 0.717) is 19.3 Å². The molecule has 3 unspecified atom stereocenters. The minimum Gasteiger partial charge on any atom is -0.481 e. The second-order valence-corrected chi connectivity index (χ2v) is 10.0. The number of benzene rings is 2. The molecular formula is C32H42O10. The van der Waals surface area contributed by atoms with Crippen LogP contribution in [-0.4, -0.2) is 41.7 Å². The molecule has 0 aromatic heterocycles. The van der Waals surface area contributed by atoms with Gasteiger partial charge in [-0.2, -0.15) is 0 Å². The van der Waals surface area contributed by atoms with E-state index in [2.05, 4.69) is 0 Å². The van der Waals surface area contributed by atoms with E-state index in [4.69, 9.17) is 28.8 Å². The summed E-state index contributed by atoms with van der Waals surface area (Å²) in [5.41, 5.74) is 1.58. The monoisotopic (exact) mass is 586 g/mol. The molecule has 0 aliphatic heterocycles. The third-order valence-electron chi connectivity index (χ3n) is 6.50. The Labute approximate surface area is 247 Å². The number of carbonyl (C=O) groups is 4. The Balaban J connectivity index is 1.84. The first-order chi connectivity index (χ1) is 20.2. The predicted molar refractivity (Wildman–Crippen MR) is 153 cm³/mol. The van der Waals surface area contributed by atoms with Gasteiger partial charge in [-0.1, -0.05) is 99.2 Å². The Bertz CT molecular complexity index is 1070. The highest BCUT2D eigenvalue weighted by Gasteiger charge is 2.31. The Morgan fingerprint density at radius 3 is 1.64 bits per heavy atom. The van der Waals surface area contributed by atoms with Crippen molar-refractivity contribution in [3.63, 3.8) is 0 Å². The largest absolute Gasteiger partial charge is 0.511 e. The Morgan fingerprint density at radius 2 is 1.12 bits per heavy atom. The molecule has 0 saturated carbocycles. The number of carboxylic acid groups (broad SMARTS) is 1. The van der Waals surface area contributed by atoms with Gasteiger partial charge < -0.3 is 28.8 Å². The highest BCUT2D eigenvalue weighted by Crippen LogP contribution is 2.21. The molecule has 230 valence electrons. The zero-order valence-corrected chi connectivity index (χ0v) is 24.4. The van der Waals surface area contributed by atoms with Crippen LogP contribution in [0.3, 0.4) is 0 Å². The first kappa shape index (κ1) is 34.1. The lowest BCUT2D eigenvalue weighted by Crippen LogP contribution is -2.34. The Kier molecular flexibility index (Phi) is 16.2. The smallest absolute Gasteiger partial charge is 0.481 e. The number of ether oxygens (including phenoxy) is 5. The van der Waals surface area contributed by atoms with Crippen LogP contribution >= 0.6 is 0 Å². The van der Waals surface area contributed by atoms with Crippen molar-refractivity contribution < 1.29 is 48.0 Å². The molecule has 10 heteroatoms. The second kappa shape index (κ2) is 19.9. The lowest BCUT2D eigenvalue weighted by Gasteiger charge is -2.24. The summed E-state index contributed by atoms with van der Waals surface area (Å²) in [4.78, 5) is 48.1. The summed E-state index contributed by atoms with van der Waals surface area (Å²) in [6.45, 7) is 3.04. The second-order valence-electron chi connectivity index (χ2n) is 10.0. The van der Waals surface area contributed by atoms with Gasteiger partial charge in [-0.3, -0.25) is 9.59 Å². The first-order valence-electron chi connectivity index (χ1n) is 14.4. The molecule has 0 amide bonds. The summed E-state index contributed by atoms with van der Waals surface area (Å²) in [5, 5.41) is 8.72. The van der Waals surface area contributed by atoms with E-state index in [1.807, 2.05) is 48.5 Å². The van der Waals surface area contributed by atoms with Crippen LogP contribution in [0.15, 0.2) is 60.7 Å². The summed E-state index contributed by atoms with van der Waals surface area (Å²) in [6, 6.07) is 18.2. The number of unbranched alkanes of at least 4 members (excludes halogenated alkanes) is 6. The quantitative estimate of drug-likeness (QED) is 0.0780. The van der Waals surface area contributed by atoms with Gasteiger partial charge in [0.05, 0.1) is 5.92 Å². The lowest BCUT2D eigenvalue weighted by atomic mass is 9.95.